The number of ether oxygens (including phenoxy) is 3. The normalized spacial score (nSPS) is 26.7. The fourth-order valence-electron chi connectivity index (χ4n) is 4.30. The average Bonchev–Trinajstić information content (AvgIpc) is 2.88. The molecule has 34 heavy (non-hydrogen) atoms. The quantitative estimate of drug-likeness (QED) is 0.416. The van der Waals surface area contributed by atoms with Crippen molar-refractivity contribution in [1.29, 1.82) is 0 Å². The number of fused-ring (bicyclic) bond motifs is 1. The summed E-state index contributed by atoms with van der Waals surface area (Å²) in [6.45, 7) is 3.32. The number of benzene rings is 3. The summed E-state index contributed by atoms with van der Waals surface area (Å²) in [5.41, 5.74) is 1.95. The van der Waals surface area contributed by atoms with Gasteiger partial charge in [-0.25, -0.2) is 0 Å². The van der Waals surface area contributed by atoms with Crippen LogP contribution in [-0.2, 0) is 36.7 Å². The van der Waals surface area contributed by atoms with Gasteiger partial charge in [-0.2, -0.15) is 0 Å². The third-order valence-corrected chi connectivity index (χ3v) is 7.16. The van der Waals surface area contributed by atoms with Gasteiger partial charge in [-0.1, -0.05) is 90.6 Å². The highest BCUT2D eigenvalue weighted by Gasteiger charge is 2.51. The molecule has 0 N–H and O–H groups in total. The second-order valence-electron chi connectivity index (χ2n) is 8.50. The second kappa shape index (κ2) is 11.5. The molecule has 0 aliphatic carbocycles. The standard InChI is InChI=1S/C27H29BO5S/c1-28-31-19-23-24(33-28)25(29-17-20-11-5-2-6-12-20)26(30-18-21-13-7-3-8-14-21)27(32-23)34-22-15-9-4-10-16-22/h2-16,23-27H,17-19H2,1H3/t23?,24-,25+,26?,27-/m1/s1. The maximum atomic E-state index is 6.56. The minimum Gasteiger partial charge on any atom is -0.408 e. The first kappa shape index (κ1) is 23.6. The van der Waals surface area contributed by atoms with Crippen LogP contribution in [0, 0.1) is 0 Å². The van der Waals surface area contributed by atoms with Crippen molar-refractivity contribution in [1.82, 2.24) is 0 Å². The van der Waals surface area contributed by atoms with E-state index < -0.39 is 0 Å². The lowest BCUT2D eigenvalue weighted by Gasteiger charge is -2.48. The highest BCUT2D eigenvalue weighted by atomic mass is 32.2. The minimum atomic E-state index is -0.333. The predicted octanol–water partition coefficient (Wildman–Crippen LogP) is 5.21. The zero-order valence-electron chi connectivity index (χ0n) is 19.2. The lowest BCUT2D eigenvalue weighted by atomic mass is 9.88. The summed E-state index contributed by atoms with van der Waals surface area (Å²) >= 11 is 1.65. The molecule has 0 spiro atoms. The summed E-state index contributed by atoms with van der Waals surface area (Å²) in [5, 5.41) is 0. The number of hydrogen-bond donors (Lipinski definition) is 0. The Labute approximate surface area is 205 Å². The second-order valence-corrected chi connectivity index (χ2v) is 9.67. The molecule has 2 aliphatic heterocycles. The first-order valence-corrected chi connectivity index (χ1v) is 12.6. The Kier molecular flexibility index (Phi) is 8.01. The van der Waals surface area contributed by atoms with Crippen LogP contribution in [0.2, 0.25) is 6.82 Å². The van der Waals surface area contributed by atoms with Crippen LogP contribution in [0.25, 0.3) is 0 Å². The highest BCUT2D eigenvalue weighted by Crippen LogP contribution is 2.39. The van der Waals surface area contributed by atoms with E-state index in [0.717, 1.165) is 16.0 Å². The molecule has 176 valence electrons. The van der Waals surface area contributed by atoms with Gasteiger partial charge in [-0.3, -0.25) is 0 Å². The van der Waals surface area contributed by atoms with E-state index in [1.807, 2.05) is 61.4 Å². The van der Waals surface area contributed by atoms with Crippen LogP contribution in [0.3, 0.4) is 0 Å². The van der Waals surface area contributed by atoms with Gasteiger partial charge in [0.15, 0.2) is 0 Å². The van der Waals surface area contributed by atoms with Gasteiger partial charge in [0.2, 0.25) is 0 Å². The SMILES string of the molecule is CB1OCC2O[C@H](Sc3ccccc3)C(OCc3ccccc3)[C@@H](OCc3ccccc3)[C@@H]2O1. The summed E-state index contributed by atoms with van der Waals surface area (Å²) in [7, 11) is -0.319. The monoisotopic (exact) mass is 476 g/mol. The van der Waals surface area contributed by atoms with Crippen LogP contribution in [-0.4, -0.2) is 43.6 Å². The van der Waals surface area contributed by atoms with Crippen molar-refractivity contribution in [2.75, 3.05) is 6.61 Å². The Morgan fingerprint density at radius 3 is 1.97 bits per heavy atom. The predicted molar refractivity (Wildman–Crippen MR) is 133 cm³/mol. The number of thioether (sulfide) groups is 1. The largest absolute Gasteiger partial charge is 0.454 e. The molecule has 2 unspecified atom stereocenters. The molecular weight excluding hydrogens is 447 g/mol. The van der Waals surface area contributed by atoms with Crippen molar-refractivity contribution in [3.8, 4) is 0 Å². The van der Waals surface area contributed by atoms with Gasteiger partial charge in [0, 0.05) is 4.90 Å². The van der Waals surface area contributed by atoms with Crippen LogP contribution in [0.4, 0.5) is 0 Å². The molecule has 2 saturated heterocycles. The van der Waals surface area contributed by atoms with E-state index in [2.05, 4.69) is 36.4 Å². The van der Waals surface area contributed by atoms with Crippen molar-refractivity contribution < 1.29 is 23.5 Å². The molecule has 0 aromatic heterocycles. The Balaban J connectivity index is 1.41. The Morgan fingerprint density at radius 2 is 1.35 bits per heavy atom. The molecule has 5 nitrogen and oxygen atoms in total. The third-order valence-electron chi connectivity index (χ3n) is 6.00. The Bertz CT molecular complexity index is 1010. The zero-order chi connectivity index (χ0) is 23.2. The van der Waals surface area contributed by atoms with Crippen LogP contribution < -0.4 is 0 Å². The summed E-state index contributed by atoms with van der Waals surface area (Å²) in [5.74, 6) is 0. The molecule has 7 heteroatoms. The summed E-state index contributed by atoms with van der Waals surface area (Å²) < 4.78 is 31.6. The van der Waals surface area contributed by atoms with E-state index >= 15 is 0 Å². The molecule has 0 saturated carbocycles. The van der Waals surface area contributed by atoms with E-state index in [1.54, 1.807) is 11.8 Å². The van der Waals surface area contributed by atoms with Crippen molar-refractivity contribution >= 4 is 18.9 Å². The van der Waals surface area contributed by atoms with E-state index in [1.165, 1.54) is 0 Å². The molecule has 2 fully saturated rings. The van der Waals surface area contributed by atoms with Crippen LogP contribution in [0.15, 0.2) is 95.9 Å². The van der Waals surface area contributed by atoms with Crippen molar-refractivity contribution in [2.45, 2.75) is 54.8 Å². The van der Waals surface area contributed by atoms with Gasteiger partial charge in [-0.15, -0.1) is 0 Å². The van der Waals surface area contributed by atoms with E-state index in [-0.39, 0.29) is 37.0 Å². The number of hydrogen-bond acceptors (Lipinski definition) is 6. The minimum absolute atomic E-state index is 0.227. The molecule has 5 atom stereocenters. The fraction of sp³-hybridized carbons (Fsp3) is 0.333. The fourth-order valence-corrected chi connectivity index (χ4v) is 5.44. The molecule has 3 aromatic carbocycles. The number of rotatable bonds is 8. The van der Waals surface area contributed by atoms with Crippen LogP contribution >= 0.6 is 11.8 Å². The topological polar surface area (TPSA) is 46.2 Å². The average molecular weight is 476 g/mol. The van der Waals surface area contributed by atoms with E-state index in [0.29, 0.717) is 19.8 Å². The van der Waals surface area contributed by atoms with Gasteiger partial charge in [0.1, 0.15) is 23.7 Å². The molecule has 0 bridgehead atoms. The smallest absolute Gasteiger partial charge is 0.408 e. The lowest BCUT2D eigenvalue weighted by Crippen LogP contribution is -2.63. The maximum Gasteiger partial charge on any atom is 0.454 e. The third kappa shape index (κ3) is 5.92. The first-order valence-electron chi connectivity index (χ1n) is 11.7. The molecule has 3 aromatic rings. The lowest BCUT2D eigenvalue weighted by molar-refractivity contribution is -0.244. The molecule has 5 rings (SSSR count). The van der Waals surface area contributed by atoms with Crippen LogP contribution in [0.5, 0.6) is 0 Å². The molecule has 2 aliphatic rings. The van der Waals surface area contributed by atoms with Crippen molar-refractivity contribution in [3.63, 3.8) is 0 Å². The maximum absolute atomic E-state index is 6.56. The highest BCUT2D eigenvalue weighted by molar-refractivity contribution is 7.99. The summed E-state index contributed by atoms with van der Waals surface area (Å²) in [6.07, 6.45) is -1.15. The summed E-state index contributed by atoms with van der Waals surface area (Å²) in [6, 6.07) is 30.6. The van der Waals surface area contributed by atoms with Gasteiger partial charge >= 0.3 is 7.12 Å². The van der Waals surface area contributed by atoms with Gasteiger partial charge in [-0.05, 0) is 30.1 Å². The van der Waals surface area contributed by atoms with Gasteiger partial charge in [0.25, 0.3) is 0 Å². The van der Waals surface area contributed by atoms with Gasteiger partial charge < -0.3 is 23.5 Å². The van der Waals surface area contributed by atoms with Gasteiger partial charge in [0.05, 0.1) is 25.9 Å². The van der Waals surface area contributed by atoms with Crippen molar-refractivity contribution in [3.05, 3.63) is 102 Å². The molecule has 0 radical (unpaired) electrons. The van der Waals surface area contributed by atoms with E-state index in [9.17, 15) is 0 Å². The Morgan fingerprint density at radius 1 is 0.794 bits per heavy atom. The first-order chi connectivity index (χ1) is 16.8. The molecule has 2 heterocycles. The van der Waals surface area contributed by atoms with E-state index in [4.69, 9.17) is 23.5 Å². The summed E-state index contributed by atoms with van der Waals surface area (Å²) in [4.78, 5) is 1.12. The Hall–Kier alpha value is -2.13. The van der Waals surface area contributed by atoms with Crippen molar-refractivity contribution in [2.24, 2.45) is 0 Å². The van der Waals surface area contributed by atoms with Crippen LogP contribution in [0.1, 0.15) is 11.1 Å². The molecular formula is C27H29BO5S. The molecule has 0 amide bonds. The zero-order valence-corrected chi connectivity index (χ0v) is 20.0.